The van der Waals surface area contributed by atoms with Crippen molar-refractivity contribution in [2.24, 2.45) is 0 Å². The predicted octanol–water partition coefficient (Wildman–Crippen LogP) is 1.84. The Morgan fingerprint density at radius 2 is 2.30 bits per heavy atom. The van der Waals surface area contributed by atoms with Crippen molar-refractivity contribution in [1.29, 1.82) is 5.26 Å². The van der Waals surface area contributed by atoms with Crippen LogP contribution in [0.25, 0.3) is 0 Å². The molecule has 2 rings (SSSR count). The van der Waals surface area contributed by atoms with E-state index in [9.17, 15) is 4.79 Å². The third-order valence-corrected chi connectivity index (χ3v) is 3.72. The fourth-order valence-corrected chi connectivity index (χ4v) is 2.80. The van der Waals surface area contributed by atoms with Crippen molar-refractivity contribution in [1.82, 2.24) is 10.6 Å². The summed E-state index contributed by atoms with van der Waals surface area (Å²) in [6, 6.07) is 8.20. The van der Waals surface area contributed by atoms with E-state index in [-0.39, 0.29) is 0 Å². The van der Waals surface area contributed by atoms with Crippen LogP contribution in [0.3, 0.4) is 0 Å². The molecule has 1 aromatic carbocycles. The summed E-state index contributed by atoms with van der Waals surface area (Å²) in [5.41, 5.74) is 3.26. The Bertz CT molecular complexity index is 522. The summed E-state index contributed by atoms with van der Waals surface area (Å²) in [6.45, 7) is 1.85. The first-order valence-electron chi connectivity index (χ1n) is 6.91. The summed E-state index contributed by atoms with van der Waals surface area (Å²) < 4.78 is 0. The van der Waals surface area contributed by atoms with Crippen molar-refractivity contribution in [3.05, 3.63) is 34.9 Å². The van der Waals surface area contributed by atoms with E-state index < -0.39 is 6.09 Å². The molecule has 3 N–H and O–H groups in total. The lowest BCUT2D eigenvalue weighted by Gasteiger charge is -2.26. The number of carbonyl (C=O) groups is 1. The highest BCUT2D eigenvalue weighted by Crippen LogP contribution is 2.32. The molecule has 1 aliphatic rings. The molecule has 0 fully saturated rings. The lowest BCUT2D eigenvalue weighted by atomic mass is 9.81. The van der Waals surface area contributed by atoms with Gasteiger partial charge in [0.05, 0.1) is 11.6 Å². The zero-order valence-corrected chi connectivity index (χ0v) is 11.4. The molecule has 0 aliphatic heterocycles. The number of nitriles is 1. The number of benzene rings is 1. The van der Waals surface area contributed by atoms with Gasteiger partial charge in [0.25, 0.3) is 0 Å². The fourth-order valence-electron chi connectivity index (χ4n) is 2.80. The minimum atomic E-state index is -0.992. The van der Waals surface area contributed by atoms with Gasteiger partial charge in [-0.25, -0.2) is 4.79 Å². The molecule has 1 aliphatic carbocycles. The summed E-state index contributed by atoms with van der Waals surface area (Å²) in [6.07, 6.45) is 2.21. The molecule has 5 heteroatoms. The van der Waals surface area contributed by atoms with Gasteiger partial charge in [-0.1, -0.05) is 12.1 Å². The van der Waals surface area contributed by atoms with Crippen LogP contribution in [-0.2, 0) is 6.42 Å². The molecular weight excluding hydrogens is 254 g/mol. The summed E-state index contributed by atoms with van der Waals surface area (Å²) in [7, 11) is 0. The minimum absolute atomic E-state index is 0.410. The van der Waals surface area contributed by atoms with Crippen LogP contribution < -0.4 is 10.6 Å². The van der Waals surface area contributed by atoms with E-state index in [0.29, 0.717) is 19.0 Å². The second-order valence-electron chi connectivity index (χ2n) is 5.01. The molecule has 0 heterocycles. The highest BCUT2D eigenvalue weighted by atomic mass is 16.4. The van der Waals surface area contributed by atoms with Gasteiger partial charge in [0.2, 0.25) is 0 Å². The lowest BCUT2D eigenvalue weighted by Crippen LogP contribution is -2.33. The number of fused-ring (bicyclic) bond motifs is 1. The van der Waals surface area contributed by atoms with E-state index in [4.69, 9.17) is 10.4 Å². The molecule has 0 saturated heterocycles. The number of nitrogens with one attached hydrogen (secondary N) is 2. The van der Waals surface area contributed by atoms with Crippen LogP contribution >= 0.6 is 0 Å². The number of amides is 1. The van der Waals surface area contributed by atoms with Gasteiger partial charge in [-0.15, -0.1) is 0 Å². The van der Waals surface area contributed by atoms with E-state index in [2.05, 4.69) is 22.8 Å². The maximum Gasteiger partial charge on any atom is 0.404 e. The van der Waals surface area contributed by atoms with Crippen LogP contribution in [0.1, 0.15) is 35.4 Å². The van der Waals surface area contributed by atoms with Gasteiger partial charge in [0, 0.05) is 19.6 Å². The van der Waals surface area contributed by atoms with Gasteiger partial charge in [0.15, 0.2) is 0 Å². The highest BCUT2D eigenvalue weighted by Gasteiger charge is 2.21. The molecule has 1 atom stereocenters. The van der Waals surface area contributed by atoms with Crippen molar-refractivity contribution in [2.75, 3.05) is 19.6 Å². The number of hydrogen-bond acceptors (Lipinski definition) is 3. The first kappa shape index (κ1) is 14.4. The smallest absolute Gasteiger partial charge is 0.404 e. The van der Waals surface area contributed by atoms with E-state index in [1.807, 2.05) is 12.1 Å². The molecule has 0 aromatic heterocycles. The van der Waals surface area contributed by atoms with Crippen LogP contribution in [0.5, 0.6) is 0 Å². The van der Waals surface area contributed by atoms with Crippen LogP contribution in [0.4, 0.5) is 4.79 Å². The van der Waals surface area contributed by atoms with Gasteiger partial charge in [-0.05, 0) is 42.4 Å². The van der Waals surface area contributed by atoms with Crippen molar-refractivity contribution in [3.63, 3.8) is 0 Å². The molecule has 0 radical (unpaired) electrons. The summed E-state index contributed by atoms with van der Waals surface area (Å²) in [4.78, 5) is 10.3. The molecule has 0 saturated carbocycles. The first-order valence-corrected chi connectivity index (χ1v) is 6.91. The van der Waals surface area contributed by atoms with Gasteiger partial charge >= 0.3 is 6.09 Å². The lowest BCUT2D eigenvalue weighted by molar-refractivity contribution is 0.194. The molecule has 1 amide bonds. The first-order chi connectivity index (χ1) is 9.72. The Labute approximate surface area is 118 Å². The normalized spacial score (nSPS) is 17.1. The third-order valence-electron chi connectivity index (χ3n) is 3.72. The maximum absolute atomic E-state index is 10.3. The zero-order valence-electron chi connectivity index (χ0n) is 11.4. The number of hydrogen-bond donors (Lipinski definition) is 3. The Kier molecular flexibility index (Phi) is 4.97. The van der Waals surface area contributed by atoms with Gasteiger partial charge < -0.3 is 15.7 Å². The Morgan fingerprint density at radius 1 is 1.45 bits per heavy atom. The topological polar surface area (TPSA) is 85.2 Å². The predicted molar refractivity (Wildman–Crippen MR) is 75.7 cm³/mol. The van der Waals surface area contributed by atoms with Crippen LogP contribution in [0.2, 0.25) is 0 Å². The molecule has 106 valence electrons. The largest absolute Gasteiger partial charge is 0.465 e. The van der Waals surface area contributed by atoms with Crippen molar-refractivity contribution < 1.29 is 9.90 Å². The van der Waals surface area contributed by atoms with E-state index in [1.54, 1.807) is 0 Å². The molecule has 0 spiro atoms. The SMILES string of the molecule is N#Cc1cccc2c1CCCC2CNCCNC(=O)O. The molecule has 0 bridgehead atoms. The summed E-state index contributed by atoms with van der Waals surface area (Å²) >= 11 is 0. The van der Waals surface area contributed by atoms with Crippen molar-refractivity contribution in [3.8, 4) is 6.07 Å². The second-order valence-corrected chi connectivity index (χ2v) is 5.01. The standard InChI is InChI=1S/C15H19N3O2/c16-9-11-3-1-6-14-12(4-2-5-13(11)14)10-17-7-8-18-15(19)20/h1,3,6,12,17-18H,2,4-5,7-8,10H2,(H,19,20). The Balaban J connectivity index is 1.92. The highest BCUT2D eigenvalue weighted by molar-refractivity contribution is 5.64. The minimum Gasteiger partial charge on any atom is -0.465 e. The average Bonchev–Trinajstić information content (AvgIpc) is 2.46. The summed E-state index contributed by atoms with van der Waals surface area (Å²) in [5, 5.41) is 23.2. The number of nitrogens with zero attached hydrogens (tertiary/aromatic N) is 1. The molecular formula is C15H19N3O2. The third kappa shape index (κ3) is 3.49. The fraction of sp³-hybridized carbons (Fsp3) is 0.467. The van der Waals surface area contributed by atoms with Gasteiger partial charge in [0.1, 0.15) is 0 Å². The summed E-state index contributed by atoms with van der Waals surface area (Å²) in [5.74, 6) is 0.414. The van der Waals surface area contributed by atoms with Crippen molar-refractivity contribution in [2.45, 2.75) is 25.2 Å². The monoisotopic (exact) mass is 273 g/mol. The number of rotatable bonds is 5. The molecule has 5 nitrogen and oxygen atoms in total. The van der Waals surface area contributed by atoms with Gasteiger partial charge in [-0.3, -0.25) is 0 Å². The van der Waals surface area contributed by atoms with E-state index in [0.717, 1.165) is 31.4 Å². The molecule has 1 unspecified atom stereocenters. The van der Waals surface area contributed by atoms with Crippen molar-refractivity contribution >= 4 is 6.09 Å². The average molecular weight is 273 g/mol. The second kappa shape index (κ2) is 6.92. The van der Waals surface area contributed by atoms with Crippen LogP contribution in [0, 0.1) is 11.3 Å². The molecule has 20 heavy (non-hydrogen) atoms. The van der Waals surface area contributed by atoms with Crippen LogP contribution in [-0.4, -0.2) is 30.8 Å². The zero-order chi connectivity index (χ0) is 14.4. The van der Waals surface area contributed by atoms with Gasteiger partial charge in [-0.2, -0.15) is 5.26 Å². The number of carboxylic acid groups (broad SMARTS) is 1. The van der Waals surface area contributed by atoms with Crippen LogP contribution in [0.15, 0.2) is 18.2 Å². The maximum atomic E-state index is 10.3. The van der Waals surface area contributed by atoms with E-state index in [1.165, 1.54) is 11.1 Å². The Hall–Kier alpha value is -2.06. The van der Waals surface area contributed by atoms with E-state index >= 15 is 0 Å². The Morgan fingerprint density at radius 3 is 3.05 bits per heavy atom. The molecule has 1 aromatic rings. The quantitative estimate of drug-likeness (QED) is 0.715.